The van der Waals surface area contributed by atoms with Crippen LogP contribution in [0, 0.1) is 0 Å². The number of nitrogens with one attached hydrogen (secondary N) is 1. The van der Waals surface area contributed by atoms with Gasteiger partial charge in [-0.2, -0.15) is 0 Å². The number of hydrogen-bond donors (Lipinski definition) is 2. The minimum atomic E-state index is -0.286. The molecule has 0 aliphatic heterocycles. The maximum atomic E-state index is 11.1. The van der Waals surface area contributed by atoms with Gasteiger partial charge in [0.1, 0.15) is 0 Å². The molecule has 2 heterocycles. The molecule has 2 aromatic heterocycles. The summed E-state index contributed by atoms with van der Waals surface area (Å²) < 4.78 is 2.53. The van der Waals surface area contributed by atoms with Crippen LogP contribution in [0.3, 0.4) is 0 Å². The van der Waals surface area contributed by atoms with Crippen molar-refractivity contribution in [3.8, 4) is 0 Å². The number of carbonyl (C=O) groups excluding carboxylic acids is 1. The van der Waals surface area contributed by atoms with E-state index >= 15 is 0 Å². The Hall–Kier alpha value is -1.11. The molecule has 0 saturated carbocycles. The van der Waals surface area contributed by atoms with Gasteiger partial charge in [0.15, 0.2) is 5.65 Å². The number of imidazole rings is 1. The minimum absolute atomic E-state index is 0.141. The van der Waals surface area contributed by atoms with E-state index in [0.717, 1.165) is 4.47 Å². The molecule has 0 atom stereocenters. The Bertz CT molecular complexity index is 554. The van der Waals surface area contributed by atoms with Crippen LogP contribution in [-0.4, -0.2) is 15.3 Å². The first kappa shape index (κ1) is 11.4. The van der Waals surface area contributed by atoms with Gasteiger partial charge in [-0.05, 0) is 22.0 Å². The summed E-state index contributed by atoms with van der Waals surface area (Å²) in [7, 11) is 0. The molecule has 5 nitrogen and oxygen atoms in total. The summed E-state index contributed by atoms with van der Waals surface area (Å²) in [4.78, 5) is 15.4. The molecule has 0 radical (unpaired) electrons. The molecule has 1 amide bonds. The van der Waals surface area contributed by atoms with Crippen LogP contribution in [0.15, 0.2) is 22.9 Å². The van der Waals surface area contributed by atoms with Crippen LogP contribution in [0.1, 0.15) is 5.69 Å². The maximum absolute atomic E-state index is 11.1. The van der Waals surface area contributed by atoms with Crippen LogP contribution in [0.2, 0.25) is 5.02 Å². The highest BCUT2D eigenvalue weighted by Crippen LogP contribution is 2.22. The van der Waals surface area contributed by atoms with Crippen molar-refractivity contribution in [2.75, 3.05) is 0 Å². The quantitative estimate of drug-likeness (QED) is 0.499. The molecule has 0 unspecified atom stereocenters. The predicted octanol–water partition coefficient (Wildman–Crippen LogP) is 1.28. The second kappa shape index (κ2) is 4.40. The molecule has 2 rings (SSSR count). The number of amides is 1. The van der Waals surface area contributed by atoms with Gasteiger partial charge >= 0.3 is 0 Å². The normalized spacial score (nSPS) is 10.7. The molecule has 0 saturated heterocycles. The van der Waals surface area contributed by atoms with E-state index in [1.54, 1.807) is 22.9 Å². The largest absolute Gasteiger partial charge is 0.304 e. The van der Waals surface area contributed by atoms with E-state index < -0.39 is 0 Å². The summed E-state index contributed by atoms with van der Waals surface area (Å²) in [5.74, 6) is 4.72. The number of fused-ring (bicyclic) bond motifs is 1. The van der Waals surface area contributed by atoms with Crippen molar-refractivity contribution in [1.82, 2.24) is 14.8 Å². The van der Waals surface area contributed by atoms with Crippen molar-refractivity contribution < 1.29 is 4.79 Å². The lowest BCUT2D eigenvalue weighted by molar-refractivity contribution is -0.120. The zero-order valence-electron chi connectivity index (χ0n) is 8.08. The van der Waals surface area contributed by atoms with Crippen molar-refractivity contribution in [3.05, 3.63) is 33.6 Å². The van der Waals surface area contributed by atoms with Crippen molar-refractivity contribution in [1.29, 1.82) is 0 Å². The third-order valence-corrected chi connectivity index (χ3v) is 2.82. The Labute approximate surface area is 105 Å². The lowest BCUT2D eigenvalue weighted by atomic mass is 10.3. The van der Waals surface area contributed by atoms with E-state index in [1.165, 1.54) is 0 Å². The highest BCUT2D eigenvalue weighted by molar-refractivity contribution is 9.10. The van der Waals surface area contributed by atoms with Crippen LogP contribution in [0.25, 0.3) is 5.65 Å². The highest BCUT2D eigenvalue weighted by atomic mass is 79.9. The summed E-state index contributed by atoms with van der Waals surface area (Å²) in [5, 5.41) is 0.589. The van der Waals surface area contributed by atoms with E-state index in [-0.39, 0.29) is 12.3 Å². The fourth-order valence-electron chi connectivity index (χ4n) is 1.38. The van der Waals surface area contributed by atoms with E-state index in [0.29, 0.717) is 16.4 Å². The fraction of sp³-hybridized carbons (Fsp3) is 0.111. The van der Waals surface area contributed by atoms with Gasteiger partial charge in [0, 0.05) is 12.4 Å². The first-order chi connectivity index (χ1) is 7.60. The number of pyridine rings is 1. The van der Waals surface area contributed by atoms with Crippen molar-refractivity contribution >= 4 is 39.1 Å². The maximum Gasteiger partial charge on any atom is 0.239 e. The molecule has 84 valence electrons. The monoisotopic (exact) mass is 302 g/mol. The number of hydrazine groups is 1. The van der Waals surface area contributed by atoms with Crippen LogP contribution in [-0.2, 0) is 11.2 Å². The zero-order chi connectivity index (χ0) is 11.7. The minimum Gasteiger partial charge on any atom is -0.304 e. The van der Waals surface area contributed by atoms with E-state index in [2.05, 4.69) is 26.3 Å². The average molecular weight is 304 g/mol. The Morgan fingerprint density at radius 2 is 2.38 bits per heavy atom. The molecule has 0 aliphatic rings. The van der Waals surface area contributed by atoms with Crippen LogP contribution >= 0.6 is 27.5 Å². The summed E-state index contributed by atoms with van der Waals surface area (Å²) in [6.45, 7) is 0. The first-order valence-electron chi connectivity index (χ1n) is 4.42. The van der Waals surface area contributed by atoms with Crippen molar-refractivity contribution in [3.63, 3.8) is 0 Å². The highest BCUT2D eigenvalue weighted by Gasteiger charge is 2.09. The van der Waals surface area contributed by atoms with Crippen molar-refractivity contribution in [2.45, 2.75) is 6.42 Å². The predicted molar refractivity (Wildman–Crippen MR) is 63.9 cm³/mol. The first-order valence-corrected chi connectivity index (χ1v) is 5.59. The van der Waals surface area contributed by atoms with E-state index in [1.807, 2.05) is 0 Å². The van der Waals surface area contributed by atoms with Gasteiger partial charge in [-0.1, -0.05) is 11.6 Å². The number of nitrogens with two attached hydrogens (primary N) is 1. The number of aromatic nitrogens is 2. The van der Waals surface area contributed by atoms with Gasteiger partial charge in [0.25, 0.3) is 0 Å². The fourth-order valence-corrected chi connectivity index (χ4v) is 2.26. The second-order valence-corrected chi connectivity index (χ2v) is 4.50. The molecule has 0 aromatic carbocycles. The average Bonchev–Trinajstić information content (AvgIpc) is 2.60. The Morgan fingerprint density at radius 1 is 1.62 bits per heavy atom. The molecule has 0 aliphatic carbocycles. The molecule has 16 heavy (non-hydrogen) atoms. The van der Waals surface area contributed by atoms with E-state index in [4.69, 9.17) is 17.4 Å². The zero-order valence-corrected chi connectivity index (χ0v) is 10.4. The molecular weight excluding hydrogens is 295 g/mol. The summed E-state index contributed by atoms with van der Waals surface area (Å²) in [5.41, 5.74) is 3.40. The number of hydrogen-bond acceptors (Lipinski definition) is 3. The molecule has 7 heteroatoms. The Balaban J connectivity index is 2.44. The number of carbonyl (C=O) groups is 1. The SMILES string of the molecule is NNC(=O)Cc1cn2cc(Cl)cc(Br)c2n1. The molecule has 3 N–H and O–H groups in total. The van der Waals surface area contributed by atoms with E-state index in [9.17, 15) is 4.79 Å². The Morgan fingerprint density at radius 3 is 3.06 bits per heavy atom. The van der Waals surface area contributed by atoms with Gasteiger partial charge in [0.05, 0.1) is 21.6 Å². The van der Waals surface area contributed by atoms with Gasteiger partial charge in [0.2, 0.25) is 5.91 Å². The third kappa shape index (κ3) is 2.18. The topological polar surface area (TPSA) is 72.4 Å². The van der Waals surface area contributed by atoms with Crippen LogP contribution in [0.4, 0.5) is 0 Å². The molecular formula is C9H8BrClN4O. The summed E-state index contributed by atoms with van der Waals surface area (Å²) >= 11 is 9.24. The Kier molecular flexibility index (Phi) is 3.13. The molecule has 0 spiro atoms. The lowest BCUT2D eigenvalue weighted by Crippen LogP contribution is -2.31. The van der Waals surface area contributed by atoms with Gasteiger partial charge in [-0.3, -0.25) is 10.2 Å². The van der Waals surface area contributed by atoms with Gasteiger partial charge in [-0.15, -0.1) is 0 Å². The van der Waals surface area contributed by atoms with Crippen LogP contribution < -0.4 is 11.3 Å². The number of rotatable bonds is 2. The summed E-state index contributed by atoms with van der Waals surface area (Å²) in [6, 6.07) is 1.75. The molecule has 2 aromatic rings. The number of nitrogens with zero attached hydrogens (tertiary/aromatic N) is 2. The lowest BCUT2D eigenvalue weighted by Gasteiger charge is -1.96. The van der Waals surface area contributed by atoms with Crippen LogP contribution in [0.5, 0.6) is 0 Å². The van der Waals surface area contributed by atoms with Gasteiger partial charge < -0.3 is 4.40 Å². The molecule has 0 fully saturated rings. The smallest absolute Gasteiger partial charge is 0.239 e. The number of halogens is 2. The third-order valence-electron chi connectivity index (χ3n) is 2.03. The van der Waals surface area contributed by atoms with Crippen molar-refractivity contribution in [2.24, 2.45) is 5.84 Å². The summed E-state index contributed by atoms with van der Waals surface area (Å²) in [6.07, 6.45) is 3.60. The second-order valence-electron chi connectivity index (χ2n) is 3.21. The standard InChI is InChI=1S/C9H8BrClN4O/c10-7-1-5(11)3-15-4-6(13-9(7)15)2-8(16)14-12/h1,3-4H,2,12H2,(H,14,16). The van der Waals surface area contributed by atoms with Gasteiger partial charge in [-0.25, -0.2) is 10.8 Å². The molecule has 0 bridgehead atoms.